The quantitative estimate of drug-likeness (QED) is 0.0937. The Morgan fingerprint density at radius 3 is 2.33 bits per heavy atom. The lowest BCUT2D eigenvalue weighted by atomic mass is 9.99. The van der Waals surface area contributed by atoms with E-state index in [1.807, 2.05) is 97.1 Å². The highest BCUT2D eigenvalue weighted by Crippen LogP contribution is 2.39. The molecule has 5 aromatic carbocycles. The molecule has 0 radical (unpaired) electrons. The molecule has 0 bridgehead atoms. The van der Waals surface area contributed by atoms with Gasteiger partial charge in [0.15, 0.2) is 11.4 Å². The average molecular weight is 700 g/mol. The summed E-state index contributed by atoms with van der Waals surface area (Å²) in [4.78, 5) is 16.9. The number of urea groups is 1. The Bertz CT molecular complexity index is 1990. The van der Waals surface area contributed by atoms with Gasteiger partial charge in [0.25, 0.3) is 0 Å². The van der Waals surface area contributed by atoms with Crippen LogP contribution in [0.25, 0.3) is 11.1 Å². The lowest BCUT2D eigenvalue weighted by molar-refractivity contribution is -0.245. The van der Waals surface area contributed by atoms with Gasteiger partial charge in [0, 0.05) is 30.0 Å². The van der Waals surface area contributed by atoms with Crippen molar-refractivity contribution >= 4 is 23.5 Å². The number of thioether (sulfide) groups is 1. The van der Waals surface area contributed by atoms with Crippen LogP contribution in [0.3, 0.4) is 0 Å². The predicted molar refractivity (Wildman–Crippen MR) is 196 cm³/mol. The van der Waals surface area contributed by atoms with E-state index in [-0.39, 0.29) is 24.8 Å². The molecule has 3 atom stereocenters. The standard InChI is InChI=1S/C40H37N5O5S/c46-24-27-9-11-30(12-10-27)37-22-36(25-51-40-42-26-43-45-40)49-38(50-37)31-15-13-29(14-16-31)32-6-4-5-28(21-32)23-41-39(47)44-33-17-19-35(20-18-33)48-34-7-2-1-3-8-34/h1-21,26,36-38,46H,22-25H2,(H2,41,44,47)(H,42,43,45). The number of nitrogens with zero attached hydrogens (tertiary/aromatic N) is 2. The van der Waals surface area contributed by atoms with Crippen LogP contribution < -0.4 is 15.4 Å². The summed E-state index contributed by atoms with van der Waals surface area (Å²) < 4.78 is 18.8. The molecule has 2 amide bonds. The number of aromatic nitrogens is 3. The third-order valence-electron chi connectivity index (χ3n) is 8.40. The van der Waals surface area contributed by atoms with Crippen molar-refractivity contribution in [2.24, 2.45) is 0 Å². The molecule has 1 fully saturated rings. The number of carbonyl (C=O) groups is 1. The van der Waals surface area contributed by atoms with Crippen LogP contribution in [0.4, 0.5) is 10.5 Å². The summed E-state index contributed by atoms with van der Waals surface area (Å²) >= 11 is 1.56. The van der Waals surface area contributed by atoms with Crippen LogP contribution in [0.15, 0.2) is 139 Å². The number of amides is 2. The van der Waals surface area contributed by atoms with Gasteiger partial charge >= 0.3 is 6.03 Å². The van der Waals surface area contributed by atoms with E-state index < -0.39 is 6.29 Å². The fourth-order valence-electron chi connectivity index (χ4n) is 5.74. The number of aliphatic hydroxyl groups excluding tert-OH is 1. The van der Waals surface area contributed by atoms with Crippen LogP contribution in [-0.2, 0) is 22.6 Å². The number of nitrogens with one attached hydrogen (secondary N) is 3. The number of hydrogen-bond acceptors (Lipinski definition) is 8. The molecule has 0 spiro atoms. The van der Waals surface area contributed by atoms with Gasteiger partial charge in [-0.1, -0.05) is 96.7 Å². The van der Waals surface area contributed by atoms with Crippen molar-refractivity contribution in [2.75, 3.05) is 11.1 Å². The first kappa shape index (κ1) is 34.0. The molecule has 51 heavy (non-hydrogen) atoms. The van der Waals surface area contributed by atoms with Crippen LogP contribution in [0, 0.1) is 0 Å². The number of carbonyl (C=O) groups excluding carboxylic acids is 1. The Hall–Kier alpha value is -5.46. The van der Waals surface area contributed by atoms with Gasteiger partial charge in [-0.2, -0.15) is 5.10 Å². The van der Waals surface area contributed by atoms with Crippen LogP contribution in [-0.4, -0.2) is 38.2 Å². The van der Waals surface area contributed by atoms with E-state index in [2.05, 4.69) is 44.0 Å². The third kappa shape index (κ3) is 9.21. The molecule has 3 unspecified atom stereocenters. The molecule has 2 heterocycles. The zero-order valence-electron chi connectivity index (χ0n) is 27.6. The summed E-state index contributed by atoms with van der Waals surface area (Å²) in [6, 6.07) is 40.6. The molecule has 6 aromatic rings. The van der Waals surface area contributed by atoms with E-state index >= 15 is 0 Å². The van der Waals surface area contributed by atoms with E-state index in [4.69, 9.17) is 14.2 Å². The van der Waals surface area contributed by atoms with Gasteiger partial charge in [-0.25, -0.2) is 9.78 Å². The number of aliphatic hydroxyl groups is 1. The second kappa shape index (κ2) is 16.5. The number of para-hydroxylation sites is 1. The maximum Gasteiger partial charge on any atom is 0.319 e. The molecular formula is C40H37N5O5S. The largest absolute Gasteiger partial charge is 0.457 e. The summed E-state index contributed by atoms with van der Waals surface area (Å²) in [5, 5.41) is 22.9. The van der Waals surface area contributed by atoms with Crippen LogP contribution in [0.5, 0.6) is 11.5 Å². The van der Waals surface area contributed by atoms with Gasteiger partial charge in [-0.05, 0) is 70.3 Å². The van der Waals surface area contributed by atoms with E-state index in [0.29, 0.717) is 30.2 Å². The summed E-state index contributed by atoms with van der Waals surface area (Å²) in [5.74, 6) is 2.13. The minimum atomic E-state index is -0.558. The first-order chi connectivity index (χ1) is 25.1. The van der Waals surface area contributed by atoms with Crippen molar-refractivity contribution in [3.63, 3.8) is 0 Å². The molecule has 7 rings (SSSR count). The highest BCUT2D eigenvalue weighted by Gasteiger charge is 2.32. The van der Waals surface area contributed by atoms with Crippen molar-refractivity contribution < 1.29 is 24.1 Å². The number of rotatable bonds is 12. The van der Waals surface area contributed by atoms with E-state index in [0.717, 1.165) is 44.3 Å². The molecule has 0 saturated carbocycles. The molecule has 11 heteroatoms. The highest BCUT2D eigenvalue weighted by molar-refractivity contribution is 7.99. The Morgan fingerprint density at radius 2 is 1.59 bits per heavy atom. The fourth-order valence-corrected chi connectivity index (χ4v) is 6.54. The number of anilines is 1. The zero-order valence-corrected chi connectivity index (χ0v) is 28.5. The van der Waals surface area contributed by atoms with Crippen LogP contribution >= 0.6 is 11.8 Å². The summed E-state index contributed by atoms with van der Waals surface area (Å²) in [6.07, 6.45) is 1.36. The van der Waals surface area contributed by atoms with Crippen LogP contribution in [0.1, 0.15) is 41.1 Å². The molecule has 0 aliphatic carbocycles. The average Bonchev–Trinajstić information content (AvgIpc) is 3.72. The minimum Gasteiger partial charge on any atom is -0.457 e. The van der Waals surface area contributed by atoms with E-state index in [1.54, 1.807) is 23.9 Å². The minimum absolute atomic E-state index is 0.00328. The normalized spacial score (nSPS) is 17.1. The zero-order chi connectivity index (χ0) is 34.8. The molecule has 4 N–H and O–H groups in total. The second-order valence-electron chi connectivity index (χ2n) is 12.0. The summed E-state index contributed by atoms with van der Waals surface area (Å²) in [5.41, 5.74) is 6.51. The predicted octanol–water partition coefficient (Wildman–Crippen LogP) is 8.42. The van der Waals surface area contributed by atoms with Gasteiger partial charge < -0.3 is 30.0 Å². The fraction of sp³-hybridized carbons (Fsp3) is 0.175. The molecule has 1 aliphatic rings. The van der Waals surface area contributed by atoms with Gasteiger partial charge in [-0.15, -0.1) is 0 Å². The smallest absolute Gasteiger partial charge is 0.319 e. The Kier molecular flexibility index (Phi) is 11.0. The molecule has 258 valence electrons. The van der Waals surface area contributed by atoms with E-state index in [1.165, 1.54) is 6.33 Å². The lowest BCUT2D eigenvalue weighted by Crippen LogP contribution is -2.31. The van der Waals surface area contributed by atoms with Gasteiger partial charge in [0.05, 0.1) is 18.8 Å². The summed E-state index contributed by atoms with van der Waals surface area (Å²) in [6.45, 7) is 0.363. The lowest BCUT2D eigenvalue weighted by Gasteiger charge is -2.36. The molecular weight excluding hydrogens is 663 g/mol. The highest BCUT2D eigenvalue weighted by atomic mass is 32.2. The van der Waals surface area contributed by atoms with Crippen molar-refractivity contribution in [3.05, 3.63) is 156 Å². The number of hydrogen-bond donors (Lipinski definition) is 4. The molecule has 1 aromatic heterocycles. The molecule has 1 aliphatic heterocycles. The van der Waals surface area contributed by atoms with Crippen molar-refractivity contribution in [3.8, 4) is 22.6 Å². The molecule has 1 saturated heterocycles. The van der Waals surface area contributed by atoms with Crippen LogP contribution in [0.2, 0.25) is 0 Å². The van der Waals surface area contributed by atoms with Gasteiger partial charge in [-0.3, -0.25) is 5.10 Å². The Morgan fingerprint density at radius 1 is 0.824 bits per heavy atom. The molecule has 10 nitrogen and oxygen atoms in total. The SMILES string of the molecule is O=C(NCc1cccc(-c2ccc(C3OC(CSc4ncn[nH]4)CC(c4ccc(CO)cc4)O3)cc2)c1)Nc1ccc(Oc2ccccc2)cc1. The monoisotopic (exact) mass is 699 g/mol. The summed E-state index contributed by atoms with van der Waals surface area (Å²) in [7, 11) is 0. The first-order valence-corrected chi connectivity index (χ1v) is 17.6. The Balaban J connectivity index is 0.965. The topological polar surface area (TPSA) is 131 Å². The van der Waals surface area contributed by atoms with Gasteiger partial charge in [0.1, 0.15) is 17.8 Å². The Labute approximate surface area is 300 Å². The maximum atomic E-state index is 12.7. The second-order valence-corrected chi connectivity index (χ2v) is 13.0. The van der Waals surface area contributed by atoms with E-state index in [9.17, 15) is 9.90 Å². The van der Waals surface area contributed by atoms with Gasteiger partial charge in [0.2, 0.25) is 0 Å². The van der Waals surface area contributed by atoms with Crippen molar-refractivity contribution in [2.45, 2.75) is 43.2 Å². The third-order valence-corrected chi connectivity index (χ3v) is 9.41. The van der Waals surface area contributed by atoms with Crippen molar-refractivity contribution in [1.82, 2.24) is 20.5 Å². The number of aromatic amines is 1. The number of ether oxygens (including phenoxy) is 3. The maximum absolute atomic E-state index is 12.7. The van der Waals surface area contributed by atoms with Crippen molar-refractivity contribution in [1.29, 1.82) is 0 Å². The number of H-pyrrole nitrogens is 1. The number of benzene rings is 5. The first-order valence-electron chi connectivity index (χ1n) is 16.6.